The second-order valence-corrected chi connectivity index (χ2v) is 9.36. The van der Waals surface area contributed by atoms with Crippen LogP contribution in [-0.2, 0) is 21.4 Å². The molecule has 0 spiro atoms. The number of ether oxygens (including phenoxy) is 1. The Hall–Kier alpha value is -1.93. The van der Waals surface area contributed by atoms with Crippen molar-refractivity contribution in [3.05, 3.63) is 59.7 Å². The summed E-state index contributed by atoms with van der Waals surface area (Å²) in [5, 5.41) is 2.93. The van der Waals surface area contributed by atoms with E-state index in [1.165, 1.54) is 5.56 Å². The molecular weight excluding hydrogens is 515 g/mol. The molecule has 2 aromatic rings. The zero-order valence-corrected chi connectivity index (χ0v) is 21.2. The highest BCUT2D eigenvalue weighted by Crippen LogP contribution is 2.38. The molecule has 2 aromatic carbocycles. The van der Waals surface area contributed by atoms with Crippen molar-refractivity contribution in [3.8, 4) is 5.75 Å². The maximum absolute atomic E-state index is 12.6. The van der Waals surface area contributed by atoms with Gasteiger partial charge >= 0.3 is 0 Å². The molecule has 2 heterocycles. The van der Waals surface area contributed by atoms with Gasteiger partial charge in [0.2, 0.25) is 5.91 Å². The number of nitrogens with one attached hydrogen (secondary N) is 1. The largest absolute Gasteiger partial charge is 1.00 e. The minimum atomic E-state index is -0.330. The first-order chi connectivity index (χ1) is 14.9. The predicted octanol–water partition coefficient (Wildman–Crippen LogP) is 1.11. The number of amides is 1. The molecule has 172 valence electrons. The summed E-state index contributed by atoms with van der Waals surface area (Å²) in [6.45, 7) is 5.43. The summed E-state index contributed by atoms with van der Waals surface area (Å²) < 4.78 is 6.95. The van der Waals surface area contributed by atoms with E-state index in [4.69, 9.17) is 4.74 Å². The SMILES string of the molecule is CC(=O)C1(c2ccccc2)CC[N+](C)(CCCOc2ccc3c(c2)NC(=O)CC3)CC1.[I-]. The van der Waals surface area contributed by atoms with E-state index in [0.717, 1.165) is 66.8 Å². The number of halogens is 1. The summed E-state index contributed by atoms with van der Waals surface area (Å²) in [7, 11) is 2.30. The highest BCUT2D eigenvalue weighted by Gasteiger charge is 2.44. The average molecular weight is 548 g/mol. The fraction of sp³-hybridized carbons (Fsp3) is 0.462. The summed E-state index contributed by atoms with van der Waals surface area (Å²) in [5.74, 6) is 1.17. The van der Waals surface area contributed by atoms with Crippen LogP contribution in [0.2, 0.25) is 0 Å². The first-order valence-electron chi connectivity index (χ1n) is 11.4. The van der Waals surface area contributed by atoms with Gasteiger partial charge in [-0.05, 0) is 30.5 Å². The Morgan fingerprint density at radius 2 is 1.81 bits per heavy atom. The van der Waals surface area contributed by atoms with Gasteiger partial charge in [-0.1, -0.05) is 36.4 Å². The number of piperidine rings is 1. The van der Waals surface area contributed by atoms with Gasteiger partial charge in [-0.2, -0.15) is 0 Å². The van der Waals surface area contributed by atoms with E-state index < -0.39 is 0 Å². The van der Waals surface area contributed by atoms with Crippen molar-refractivity contribution in [1.29, 1.82) is 0 Å². The van der Waals surface area contributed by atoms with Crippen LogP contribution >= 0.6 is 0 Å². The van der Waals surface area contributed by atoms with E-state index in [2.05, 4.69) is 24.5 Å². The minimum absolute atomic E-state index is 0. The number of fused-ring (bicyclic) bond motifs is 1. The van der Waals surface area contributed by atoms with Crippen molar-refractivity contribution in [2.24, 2.45) is 0 Å². The third kappa shape index (κ3) is 5.34. The molecule has 1 saturated heterocycles. The number of likely N-dealkylation sites (tertiary alicyclic amines) is 1. The third-order valence-corrected chi connectivity index (χ3v) is 7.24. The number of hydrogen-bond acceptors (Lipinski definition) is 3. The summed E-state index contributed by atoms with van der Waals surface area (Å²) in [5.41, 5.74) is 2.89. The molecule has 0 aliphatic carbocycles. The van der Waals surface area contributed by atoms with E-state index in [-0.39, 0.29) is 41.1 Å². The molecule has 1 fully saturated rings. The Morgan fingerprint density at radius 1 is 1.09 bits per heavy atom. The molecule has 0 aromatic heterocycles. The van der Waals surface area contributed by atoms with E-state index in [0.29, 0.717) is 13.0 Å². The number of rotatable bonds is 7. The monoisotopic (exact) mass is 548 g/mol. The van der Waals surface area contributed by atoms with E-state index in [1.807, 2.05) is 36.4 Å². The maximum atomic E-state index is 12.6. The lowest BCUT2D eigenvalue weighted by molar-refractivity contribution is -0.915. The molecule has 2 aliphatic rings. The maximum Gasteiger partial charge on any atom is 0.224 e. The fourth-order valence-corrected chi connectivity index (χ4v) is 5.06. The Morgan fingerprint density at radius 3 is 2.50 bits per heavy atom. The fourth-order valence-electron chi connectivity index (χ4n) is 5.06. The number of carbonyl (C=O) groups excluding carboxylic acids is 2. The second kappa shape index (κ2) is 10.3. The predicted molar refractivity (Wildman–Crippen MR) is 122 cm³/mol. The summed E-state index contributed by atoms with van der Waals surface area (Å²) in [4.78, 5) is 24.2. The van der Waals surface area contributed by atoms with Gasteiger partial charge in [-0.3, -0.25) is 9.59 Å². The van der Waals surface area contributed by atoms with Gasteiger partial charge in [0.1, 0.15) is 11.5 Å². The van der Waals surface area contributed by atoms with Crippen molar-refractivity contribution in [3.63, 3.8) is 0 Å². The van der Waals surface area contributed by atoms with Gasteiger partial charge < -0.3 is 38.5 Å². The zero-order valence-electron chi connectivity index (χ0n) is 19.0. The molecule has 1 amide bonds. The molecule has 2 aliphatic heterocycles. The molecule has 0 radical (unpaired) electrons. The van der Waals surface area contributed by atoms with Crippen LogP contribution in [0.15, 0.2) is 48.5 Å². The molecule has 0 saturated carbocycles. The molecule has 0 bridgehead atoms. The molecular formula is C26H33IN2O3. The Kier molecular flexibility index (Phi) is 7.98. The molecule has 5 nitrogen and oxygen atoms in total. The van der Waals surface area contributed by atoms with Gasteiger partial charge in [0, 0.05) is 37.4 Å². The van der Waals surface area contributed by atoms with Crippen LogP contribution in [-0.4, -0.2) is 49.5 Å². The van der Waals surface area contributed by atoms with Gasteiger partial charge in [0.15, 0.2) is 0 Å². The van der Waals surface area contributed by atoms with Crippen LogP contribution in [0.25, 0.3) is 0 Å². The summed E-state index contributed by atoms with van der Waals surface area (Å²) in [6, 6.07) is 16.3. The smallest absolute Gasteiger partial charge is 0.224 e. The van der Waals surface area contributed by atoms with Crippen LogP contribution in [0, 0.1) is 0 Å². The molecule has 32 heavy (non-hydrogen) atoms. The lowest BCUT2D eigenvalue weighted by Gasteiger charge is -2.45. The van der Waals surface area contributed by atoms with E-state index >= 15 is 0 Å². The van der Waals surface area contributed by atoms with Crippen LogP contribution < -0.4 is 34.0 Å². The normalized spacial score (nSPS) is 24.6. The van der Waals surface area contributed by atoms with Crippen molar-refractivity contribution in [1.82, 2.24) is 0 Å². The summed E-state index contributed by atoms with van der Waals surface area (Å²) >= 11 is 0. The number of quaternary nitrogens is 1. The van der Waals surface area contributed by atoms with Crippen LogP contribution in [0.4, 0.5) is 5.69 Å². The zero-order chi connectivity index (χ0) is 21.9. The number of nitrogens with zero attached hydrogens (tertiary/aromatic N) is 1. The molecule has 0 unspecified atom stereocenters. The lowest BCUT2D eigenvalue weighted by atomic mass is 9.69. The quantitative estimate of drug-likeness (QED) is 0.321. The molecule has 6 heteroatoms. The number of benzene rings is 2. The van der Waals surface area contributed by atoms with Gasteiger partial charge in [0.05, 0.1) is 38.7 Å². The Balaban J connectivity index is 0.00000289. The van der Waals surface area contributed by atoms with E-state index in [1.54, 1.807) is 6.92 Å². The standard InChI is InChI=1S/C26H32N2O3.HI/c1-20(29)26(22-7-4-3-5-8-22)13-16-28(2,17-14-26)15-6-18-31-23-11-9-21-10-12-25(30)27-24(21)19-23;/h3-5,7-9,11,19H,6,10,12-18H2,1-2H3;1H. The third-order valence-electron chi connectivity index (χ3n) is 7.24. The first kappa shape index (κ1) is 24.7. The molecule has 1 N–H and O–H groups in total. The number of hydrogen-bond donors (Lipinski definition) is 1. The van der Waals surface area contributed by atoms with Crippen molar-refractivity contribution in [2.75, 3.05) is 38.6 Å². The van der Waals surface area contributed by atoms with Crippen molar-refractivity contribution in [2.45, 2.75) is 44.4 Å². The Bertz CT molecular complexity index is 953. The van der Waals surface area contributed by atoms with Crippen LogP contribution in [0.5, 0.6) is 5.75 Å². The van der Waals surface area contributed by atoms with Crippen LogP contribution in [0.3, 0.4) is 0 Å². The minimum Gasteiger partial charge on any atom is -1.00 e. The number of Topliss-reactive ketones (excluding diaryl/α,β-unsaturated/α-hetero) is 1. The van der Waals surface area contributed by atoms with Gasteiger partial charge in [-0.15, -0.1) is 0 Å². The lowest BCUT2D eigenvalue weighted by Crippen LogP contribution is -3.00. The highest BCUT2D eigenvalue weighted by atomic mass is 127. The number of aryl methyl sites for hydroxylation is 1. The van der Waals surface area contributed by atoms with Crippen molar-refractivity contribution >= 4 is 17.4 Å². The van der Waals surface area contributed by atoms with Gasteiger partial charge in [-0.25, -0.2) is 0 Å². The number of carbonyl (C=O) groups is 2. The number of ketones is 1. The average Bonchev–Trinajstić information content (AvgIpc) is 2.77. The highest BCUT2D eigenvalue weighted by molar-refractivity contribution is 5.94. The number of anilines is 1. The Labute approximate surface area is 208 Å². The first-order valence-corrected chi connectivity index (χ1v) is 11.4. The van der Waals surface area contributed by atoms with Gasteiger partial charge in [0.25, 0.3) is 0 Å². The molecule has 0 atom stereocenters. The van der Waals surface area contributed by atoms with Crippen LogP contribution in [0.1, 0.15) is 43.7 Å². The summed E-state index contributed by atoms with van der Waals surface area (Å²) in [6.07, 6.45) is 4.10. The molecule has 4 rings (SSSR count). The van der Waals surface area contributed by atoms with E-state index in [9.17, 15) is 9.59 Å². The topological polar surface area (TPSA) is 55.4 Å². The van der Waals surface area contributed by atoms with Crippen molar-refractivity contribution < 1.29 is 42.8 Å². The second-order valence-electron chi connectivity index (χ2n) is 9.36.